The van der Waals surface area contributed by atoms with Gasteiger partial charge in [-0.15, -0.1) is 0 Å². The van der Waals surface area contributed by atoms with Crippen LogP contribution < -0.4 is 4.74 Å². The third kappa shape index (κ3) is 3.41. The Hall–Kier alpha value is -1.24. The van der Waals surface area contributed by atoms with E-state index in [4.69, 9.17) is 0 Å². The van der Waals surface area contributed by atoms with Crippen molar-refractivity contribution in [1.29, 1.82) is 0 Å². The minimum absolute atomic E-state index is 0.0250. The molecule has 0 aliphatic heterocycles. The van der Waals surface area contributed by atoms with Gasteiger partial charge in [0.25, 0.3) is 0 Å². The number of hydrogen-bond acceptors (Lipinski definition) is 4. The van der Waals surface area contributed by atoms with Gasteiger partial charge in [-0.05, 0) is 12.1 Å². The summed E-state index contributed by atoms with van der Waals surface area (Å²) in [5.41, 5.74) is 0.0250. The molecule has 88 valence electrons. The molecule has 1 rings (SSSR count). The Labute approximate surface area is 98.7 Å². The average molecular weight is 296 g/mol. The number of rotatable bonds is 4. The summed E-state index contributed by atoms with van der Waals surface area (Å²) >= 11 is 2.61. The van der Waals surface area contributed by atoms with E-state index in [2.05, 4.69) is 30.4 Å². The minimum Gasteiger partial charge on any atom is -0.464 e. The lowest BCUT2D eigenvalue weighted by Crippen LogP contribution is -2.26. The van der Waals surface area contributed by atoms with Crippen molar-refractivity contribution in [2.24, 2.45) is 0 Å². The van der Waals surface area contributed by atoms with E-state index < -0.39 is 17.4 Å². The van der Waals surface area contributed by atoms with Crippen LogP contribution in [0.3, 0.4) is 0 Å². The number of aromatic nitrogens is 1. The SMILES string of the molecule is COC(=O)c1ccc(OC(F)(F)CBr)cn1. The van der Waals surface area contributed by atoms with Gasteiger partial charge in [-0.1, -0.05) is 15.9 Å². The maximum atomic E-state index is 12.8. The molecule has 0 aliphatic carbocycles. The van der Waals surface area contributed by atoms with Gasteiger partial charge < -0.3 is 9.47 Å². The molecule has 1 aromatic heterocycles. The lowest BCUT2D eigenvalue weighted by Gasteiger charge is -2.14. The van der Waals surface area contributed by atoms with Gasteiger partial charge in [0.2, 0.25) is 0 Å². The van der Waals surface area contributed by atoms with E-state index in [1.54, 1.807) is 0 Å². The van der Waals surface area contributed by atoms with Crippen molar-refractivity contribution in [1.82, 2.24) is 4.98 Å². The van der Waals surface area contributed by atoms with E-state index in [1.165, 1.54) is 19.2 Å². The van der Waals surface area contributed by atoms with Crippen LogP contribution in [0, 0.1) is 0 Å². The Morgan fingerprint density at radius 3 is 2.69 bits per heavy atom. The van der Waals surface area contributed by atoms with Gasteiger partial charge in [-0.3, -0.25) is 0 Å². The number of ether oxygens (including phenoxy) is 2. The summed E-state index contributed by atoms with van der Waals surface area (Å²) in [6.45, 7) is 0. The zero-order chi connectivity index (χ0) is 12.2. The van der Waals surface area contributed by atoms with Gasteiger partial charge in [0.05, 0.1) is 13.3 Å². The van der Waals surface area contributed by atoms with Crippen LogP contribution in [0.1, 0.15) is 10.5 Å². The Morgan fingerprint density at radius 2 is 2.25 bits per heavy atom. The van der Waals surface area contributed by atoms with Crippen molar-refractivity contribution in [3.8, 4) is 5.75 Å². The normalized spacial score (nSPS) is 11.0. The van der Waals surface area contributed by atoms with E-state index >= 15 is 0 Å². The molecule has 0 aliphatic rings. The number of esters is 1. The molecule has 1 heterocycles. The zero-order valence-corrected chi connectivity index (χ0v) is 9.83. The average Bonchev–Trinajstić information content (AvgIpc) is 2.28. The van der Waals surface area contributed by atoms with Gasteiger partial charge in [-0.25, -0.2) is 9.78 Å². The molecule has 0 spiro atoms. The quantitative estimate of drug-likeness (QED) is 0.631. The molecule has 0 bridgehead atoms. The molecule has 0 unspecified atom stereocenters. The first-order chi connectivity index (χ1) is 7.48. The predicted octanol–water partition coefficient (Wildman–Crippen LogP) is 2.23. The van der Waals surface area contributed by atoms with Gasteiger partial charge in [0, 0.05) is 0 Å². The Morgan fingerprint density at radius 1 is 1.56 bits per heavy atom. The molecule has 0 saturated heterocycles. The number of pyridine rings is 1. The summed E-state index contributed by atoms with van der Waals surface area (Å²) in [6, 6.07) is 2.46. The van der Waals surface area contributed by atoms with Gasteiger partial charge in [-0.2, -0.15) is 8.78 Å². The Bertz CT molecular complexity index is 370. The predicted molar refractivity (Wildman–Crippen MR) is 54.9 cm³/mol. The summed E-state index contributed by atoms with van der Waals surface area (Å²) in [7, 11) is 1.20. The van der Waals surface area contributed by atoms with Crippen LogP contribution in [0.15, 0.2) is 18.3 Å². The number of nitrogens with zero attached hydrogens (tertiary/aromatic N) is 1. The fourth-order valence-corrected chi connectivity index (χ4v) is 0.980. The zero-order valence-electron chi connectivity index (χ0n) is 8.25. The van der Waals surface area contributed by atoms with Crippen molar-refractivity contribution >= 4 is 21.9 Å². The summed E-state index contributed by atoms with van der Waals surface area (Å²) in [5.74, 6) is -0.768. The minimum atomic E-state index is -3.31. The number of carbonyl (C=O) groups is 1. The smallest absolute Gasteiger partial charge is 0.407 e. The van der Waals surface area contributed by atoms with Gasteiger partial charge in [0.1, 0.15) is 16.8 Å². The van der Waals surface area contributed by atoms with E-state index in [0.29, 0.717) is 0 Å². The standard InChI is InChI=1S/C9H8BrF2NO3/c1-15-8(14)7-3-2-6(4-13-7)16-9(11,12)5-10/h2-4H,5H2,1H3. The molecule has 0 aromatic carbocycles. The summed E-state index contributed by atoms with van der Waals surface area (Å²) < 4.78 is 34.3. The third-order valence-electron chi connectivity index (χ3n) is 1.55. The molecule has 0 atom stereocenters. The number of carbonyl (C=O) groups excluding carboxylic acids is 1. The van der Waals surface area contributed by atoms with Crippen molar-refractivity contribution in [2.75, 3.05) is 12.4 Å². The van der Waals surface area contributed by atoms with Crippen LogP contribution in [0.5, 0.6) is 5.75 Å². The van der Waals surface area contributed by atoms with Crippen LogP contribution in [0.2, 0.25) is 0 Å². The second-order valence-electron chi connectivity index (χ2n) is 2.74. The first-order valence-electron chi connectivity index (χ1n) is 4.15. The molecule has 0 radical (unpaired) electrons. The van der Waals surface area contributed by atoms with Gasteiger partial charge >= 0.3 is 12.1 Å². The molecule has 4 nitrogen and oxygen atoms in total. The molecular weight excluding hydrogens is 288 g/mol. The van der Waals surface area contributed by atoms with Crippen molar-refractivity contribution < 1.29 is 23.0 Å². The first kappa shape index (κ1) is 12.8. The van der Waals surface area contributed by atoms with E-state index in [9.17, 15) is 13.6 Å². The first-order valence-corrected chi connectivity index (χ1v) is 5.28. The highest BCUT2D eigenvalue weighted by atomic mass is 79.9. The largest absolute Gasteiger partial charge is 0.464 e. The number of halogens is 3. The molecule has 0 amide bonds. The summed E-state index contributed by atoms with van der Waals surface area (Å²) in [6.07, 6.45) is -2.28. The van der Waals surface area contributed by atoms with Crippen LogP contribution in [0.4, 0.5) is 8.78 Å². The lowest BCUT2D eigenvalue weighted by atomic mass is 10.3. The van der Waals surface area contributed by atoms with Crippen molar-refractivity contribution in [3.05, 3.63) is 24.0 Å². The fraction of sp³-hybridized carbons (Fsp3) is 0.333. The maximum Gasteiger partial charge on any atom is 0.407 e. The summed E-state index contributed by atoms with van der Waals surface area (Å²) in [4.78, 5) is 14.6. The molecular formula is C9H8BrF2NO3. The highest BCUT2D eigenvalue weighted by molar-refractivity contribution is 9.09. The third-order valence-corrected chi connectivity index (χ3v) is 2.21. The fourth-order valence-electron chi connectivity index (χ4n) is 0.866. The van der Waals surface area contributed by atoms with Crippen LogP contribution in [-0.2, 0) is 4.74 Å². The topological polar surface area (TPSA) is 48.4 Å². The molecule has 16 heavy (non-hydrogen) atoms. The lowest BCUT2D eigenvalue weighted by molar-refractivity contribution is -0.153. The highest BCUT2D eigenvalue weighted by Gasteiger charge is 2.29. The van der Waals surface area contributed by atoms with Crippen LogP contribution in [0.25, 0.3) is 0 Å². The number of methoxy groups -OCH3 is 1. The molecule has 0 N–H and O–H groups in total. The number of alkyl halides is 3. The Kier molecular flexibility index (Phi) is 4.17. The van der Waals surface area contributed by atoms with E-state index in [0.717, 1.165) is 6.20 Å². The maximum absolute atomic E-state index is 12.8. The molecule has 0 fully saturated rings. The van der Waals surface area contributed by atoms with E-state index in [1.807, 2.05) is 0 Å². The molecule has 7 heteroatoms. The van der Waals surface area contributed by atoms with Crippen LogP contribution in [-0.4, -0.2) is 29.5 Å². The second-order valence-corrected chi connectivity index (χ2v) is 3.30. The highest BCUT2D eigenvalue weighted by Crippen LogP contribution is 2.22. The summed E-state index contributed by atoms with van der Waals surface area (Å²) in [5, 5.41) is -0.626. The molecule has 1 aromatic rings. The van der Waals surface area contributed by atoms with Crippen molar-refractivity contribution in [3.63, 3.8) is 0 Å². The number of hydrogen-bond donors (Lipinski definition) is 0. The van der Waals surface area contributed by atoms with E-state index in [-0.39, 0.29) is 11.4 Å². The van der Waals surface area contributed by atoms with Crippen LogP contribution >= 0.6 is 15.9 Å². The van der Waals surface area contributed by atoms with Crippen molar-refractivity contribution in [2.45, 2.75) is 6.11 Å². The monoisotopic (exact) mass is 295 g/mol. The van der Waals surface area contributed by atoms with Gasteiger partial charge in [0.15, 0.2) is 0 Å². The second kappa shape index (κ2) is 5.20. The molecule has 0 saturated carbocycles. The Balaban J connectivity index is 2.76.